The smallest absolute Gasteiger partial charge is 0.274 e. The lowest BCUT2D eigenvalue weighted by Gasteiger charge is -2.21. The third-order valence-electron chi connectivity index (χ3n) is 3.40. The Morgan fingerprint density at radius 3 is 2.67 bits per heavy atom. The number of hydrogen-bond acceptors (Lipinski definition) is 4. The predicted molar refractivity (Wildman–Crippen MR) is 78.7 cm³/mol. The molecule has 2 amide bonds. The first-order valence-electron chi connectivity index (χ1n) is 7.48. The number of carbonyl (C=O) groups is 2. The summed E-state index contributed by atoms with van der Waals surface area (Å²) in [5, 5.41) is 2.83. The van der Waals surface area contributed by atoms with Gasteiger partial charge in [0.1, 0.15) is 5.69 Å². The normalized spacial score (nSPS) is 13.8. The number of aryl methyl sites for hydroxylation is 1. The highest BCUT2D eigenvalue weighted by atomic mass is 16.2. The van der Waals surface area contributed by atoms with Crippen LogP contribution in [0.25, 0.3) is 0 Å². The number of carbonyl (C=O) groups excluding carboxylic acids is 2. The molecule has 0 atom stereocenters. The molecule has 1 aromatic heterocycles. The van der Waals surface area contributed by atoms with Crippen LogP contribution >= 0.6 is 0 Å². The van der Waals surface area contributed by atoms with Crippen LogP contribution in [0.5, 0.6) is 0 Å². The fraction of sp³-hybridized carbons (Fsp3) is 0.600. The molecule has 1 fully saturated rings. The molecular weight excluding hydrogens is 268 g/mol. The molecule has 0 unspecified atom stereocenters. The van der Waals surface area contributed by atoms with Crippen molar-refractivity contribution in [2.24, 2.45) is 0 Å². The zero-order chi connectivity index (χ0) is 15.2. The Morgan fingerprint density at radius 2 is 2.10 bits per heavy atom. The number of rotatable bonds is 7. The van der Waals surface area contributed by atoms with Crippen LogP contribution in [0, 0.1) is 6.92 Å². The fourth-order valence-corrected chi connectivity index (χ4v) is 2.06. The van der Waals surface area contributed by atoms with E-state index in [1.165, 1.54) is 6.20 Å². The van der Waals surface area contributed by atoms with E-state index in [1.54, 1.807) is 11.1 Å². The van der Waals surface area contributed by atoms with Crippen LogP contribution in [0.3, 0.4) is 0 Å². The van der Waals surface area contributed by atoms with Gasteiger partial charge in [0, 0.05) is 31.7 Å². The Morgan fingerprint density at radius 1 is 1.33 bits per heavy atom. The first-order chi connectivity index (χ1) is 10.1. The lowest BCUT2D eigenvalue weighted by molar-refractivity contribution is -0.121. The van der Waals surface area contributed by atoms with E-state index in [0.29, 0.717) is 25.2 Å². The number of amides is 2. The topological polar surface area (TPSA) is 75.2 Å². The average Bonchev–Trinajstić information content (AvgIpc) is 3.30. The lowest BCUT2D eigenvalue weighted by atomic mass is 10.3. The molecule has 6 heteroatoms. The molecule has 1 saturated carbocycles. The van der Waals surface area contributed by atoms with Crippen molar-refractivity contribution < 1.29 is 9.59 Å². The summed E-state index contributed by atoms with van der Waals surface area (Å²) < 4.78 is 0. The van der Waals surface area contributed by atoms with E-state index in [9.17, 15) is 9.59 Å². The molecule has 2 rings (SSSR count). The maximum atomic E-state index is 12.5. The maximum Gasteiger partial charge on any atom is 0.274 e. The van der Waals surface area contributed by atoms with E-state index >= 15 is 0 Å². The zero-order valence-corrected chi connectivity index (χ0v) is 12.6. The molecule has 1 aromatic rings. The second kappa shape index (κ2) is 7.15. The molecule has 0 aliphatic heterocycles. The molecule has 114 valence electrons. The van der Waals surface area contributed by atoms with Crippen molar-refractivity contribution in [1.82, 2.24) is 20.2 Å². The molecule has 1 aliphatic carbocycles. The summed E-state index contributed by atoms with van der Waals surface area (Å²) in [7, 11) is 0. The van der Waals surface area contributed by atoms with E-state index in [0.717, 1.165) is 25.0 Å². The van der Waals surface area contributed by atoms with Crippen molar-refractivity contribution in [1.29, 1.82) is 0 Å². The standard InChI is InChI=1S/C15H22N4O2/c1-3-7-16-14(20)6-8-19(12-4-5-12)15(21)13-10-17-11(2)9-18-13/h9-10,12H,3-8H2,1-2H3,(H,16,20). The summed E-state index contributed by atoms with van der Waals surface area (Å²) in [6, 6.07) is 0.250. The number of nitrogens with zero attached hydrogens (tertiary/aromatic N) is 3. The van der Waals surface area contributed by atoms with E-state index in [2.05, 4.69) is 15.3 Å². The van der Waals surface area contributed by atoms with Crippen LogP contribution in [0.1, 0.15) is 48.8 Å². The summed E-state index contributed by atoms with van der Waals surface area (Å²) in [4.78, 5) is 34.1. The van der Waals surface area contributed by atoms with Gasteiger partial charge < -0.3 is 10.2 Å². The fourth-order valence-electron chi connectivity index (χ4n) is 2.06. The highest BCUT2D eigenvalue weighted by Gasteiger charge is 2.33. The van der Waals surface area contributed by atoms with E-state index in [1.807, 2.05) is 13.8 Å². The number of nitrogens with one attached hydrogen (secondary N) is 1. The minimum Gasteiger partial charge on any atom is -0.356 e. The first-order valence-corrected chi connectivity index (χ1v) is 7.48. The zero-order valence-electron chi connectivity index (χ0n) is 12.6. The molecule has 0 saturated heterocycles. The molecule has 0 spiro atoms. The summed E-state index contributed by atoms with van der Waals surface area (Å²) in [6.45, 7) is 4.96. The van der Waals surface area contributed by atoms with Crippen LogP contribution < -0.4 is 5.32 Å². The van der Waals surface area contributed by atoms with E-state index in [-0.39, 0.29) is 17.9 Å². The minimum absolute atomic E-state index is 0.00899. The van der Waals surface area contributed by atoms with Gasteiger partial charge in [-0.05, 0) is 26.2 Å². The van der Waals surface area contributed by atoms with Crippen molar-refractivity contribution in [3.05, 3.63) is 23.8 Å². The highest BCUT2D eigenvalue weighted by molar-refractivity contribution is 5.92. The second-order valence-corrected chi connectivity index (χ2v) is 5.37. The molecule has 1 heterocycles. The average molecular weight is 290 g/mol. The SMILES string of the molecule is CCCNC(=O)CCN(C(=O)c1cnc(C)cn1)C1CC1. The van der Waals surface area contributed by atoms with Crippen molar-refractivity contribution in [3.63, 3.8) is 0 Å². The van der Waals surface area contributed by atoms with Crippen molar-refractivity contribution in [2.45, 2.75) is 45.6 Å². The van der Waals surface area contributed by atoms with Crippen LogP contribution in [0.15, 0.2) is 12.4 Å². The summed E-state index contributed by atoms with van der Waals surface area (Å²) in [5.74, 6) is -0.140. The molecule has 6 nitrogen and oxygen atoms in total. The molecule has 21 heavy (non-hydrogen) atoms. The first kappa shape index (κ1) is 15.4. The summed E-state index contributed by atoms with van der Waals surface area (Å²) in [5.41, 5.74) is 1.13. The van der Waals surface area contributed by atoms with Crippen LogP contribution in [0.4, 0.5) is 0 Å². The molecule has 0 bridgehead atoms. The van der Waals surface area contributed by atoms with Crippen LogP contribution in [0.2, 0.25) is 0 Å². The van der Waals surface area contributed by atoms with Gasteiger partial charge in [0.2, 0.25) is 5.91 Å². The van der Waals surface area contributed by atoms with Crippen molar-refractivity contribution in [3.8, 4) is 0 Å². The minimum atomic E-state index is -0.131. The number of aromatic nitrogens is 2. The van der Waals surface area contributed by atoms with E-state index < -0.39 is 0 Å². The van der Waals surface area contributed by atoms with Gasteiger partial charge in [-0.15, -0.1) is 0 Å². The van der Waals surface area contributed by atoms with Crippen LogP contribution in [-0.4, -0.2) is 45.8 Å². The van der Waals surface area contributed by atoms with Gasteiger partial charge in [-0.1, -0.05) is 6.92 Å². The van der Waals surface area contributed by atoms with Crippen molar-refractivity contribution >= 4 is 11.8 Å². The van der Waals surface area contributed by atoms with Gasteiger partial charge >= 0.3 is 0 Å². The Balaban J connectivity index is 1.94. The summed E-state index contributed by atoms with van der Waals surface area (Å²) >= 11 is 0. The molecule has 0 aromatic carbocycles. The van der Waals surface area contributed by atoms with E-state index in [4.69, 9.17) is 0 Å². The van der Waals surface area contributed by atoms with Gasteiger partial charge in [0.15, 0.2) is 0 Å². The third-order valence-corrected chi connectivity index (χ3v) is 3.40. The highest BCUT2D eigenvalue weighted by Crippen LogP contribution is 2.28. The Bertz CT molecular complexity index is 497. The van der Waals surface area contributed by atoms with Gasteiger partial charge in [-0.2, -0.15) is 0 Å². The second-order valence-electron chi connectivity index (χ2n) is 5.37. The van der Waals surface area contributed by atoms with Crippen LogP contribution in [-0.2, 0) is 4.79 Å². The number of hydrogen-bond donors (Lipinski definition) is 1. The third kappa shape index (κ3) is 4.51. The van der Waals surface area contributed by atoms with Gasteiger partial charge in [0.25, 0.3) is 5.91 Å². The molecule has 0 radical (unpaired) electrons. The summed E-state index contributed by atoms with van der Waals surface area (Å²) in [6.07, 6.45) is 6.34. The van der Waals surface area contributed by atoms with Gasteiger partial charge in [0.05, 0.1) is 11.9 Å². The monoisotopic (exact) mass is 290 g/mol. The van der Waals surface area contributed by atoms with Gasteiger partial charge in [-0.25, -0.2) is 4.98 Å². The Labute approximate surface area is 125 Å². The molecule has 1 N–H and O–H groups in total. The quantitative estimate of drug-likeness (QED) is 0.821. The Hall–Kier alpha value is -1.98. The predicted octanol–water partition coefficient (Wildman–Crippen LogP) is 1.31. The largest absolute Gasteiger partial charge is 0.356 e. The molecular formula is C15H22N4O2. The van der Waals surface area contributed by atoms with Crippen molar-refractivity contribution in [2.75, 3.05) is 13.1 Å². The Kier molecular flexibility index (Phi) is 5.25. The lowest BCUT2D eigenvalue weighted by Crippen LogP contribution is -2.37. The molecule has 1 aliphatic rings. The maximum absolute atomic E-state index is 12.5. The van der Waals surface area contributed by atoms with Gasteiger partial charge in [-0.3, -0.25) is 14.6 Å².